The van der Waals surface area contributed by atoms with Gasteiger partial charge in [-0.1, -0.05) is 13.0 Å². The topological polar surface area (TPSA) is 32.7 Å². The van der Waals surface area contributed by atoms with Gasteiger partial charge in [0, 0.05) is 38.7 Å². The van der Waals surface area contributed by atoms with Gasteiger partial charge in [-0.05, 0) is 12.5 Å². The van der Waals surface area contributed by atoms with Crippen molar-refractivity contribution in [2.45, 2.75) is 26.7 Å². The summed E-state index contributed by atoms with van der Waals surface area (Å²) in [6.45, 7) is 5.45. The predicted octanol–water partition coefficient (Wildman–Crippen LogP) is 1.65. The highest BCUT2D eigenvalue weighted by Gasteiger charge is 2.21. The van der Waals surface area contributed by atoms with Gasteiger partial charge in [-0.2, -0.15) is 0 Å². The number of amides is 1. The zero-order valence-corrected chi connectivity index (χ0v) is 9.21. The predicted molar refractivity (Wildman–Crippen MR) is 58.6 cm³/mol. The number of hydrogen-bond acceptors (Lipinski definition) is 2. The van der Waals surface area contributed by atoms with Crippen molar-refractivity contribution in [1.82, 2.24) is 4.90 Å². The van der Waals surface area contributed by atoms with Gasteiger partial charge in [-0.25, -0.2) is 0 Å². The Morgan fingerprint density at radius 1 is 1.64 bits per heavy atom. The lowest BCUT2D eigenvalue weighted by Gasteiger charge is -2.29. The molecule has 1 aliphatic rings. The number of likely N-dealkylation sites (tertiary alicyclic amines) is 1. The maximum Gasteiger partial charge on any atom is 0.222 e. The van der Waals surface area contributed by atoms with Crippen LogP contribution in [0.1, 0.15) is 26.7 Å². The molecule has 0 N–H and O–H groups in total. The lowest BCUT2D eigenvalue weighted by Crippen LogP contribution is -2.39. The Balaban J connectivity index is 2.72. The summed E-state index contributed by atoms with van der Waals surface area (Å²) in [6, 6.07) is 0. The first kappa shape index (κ1) is 11.0. The van der Waals surface area contributed by atoms with Crippen LogP contribution in [0.2, 0.25) is 0 Å². The zero-order valence-electron chi connectivity index (χ0n) is 9.21. The third-order valence-corrected chi connectivity index (χ3v) is 2.62. The summed E-state index contributed by atoms with van der Waals surface area (Å²) in [5.41, 5.74) is 2.34. The van der Waals surface area contributed by atoms with Gasteiger partial charge in [0.2, 0.25) is 5.91 Å². The zero-order chi connectivity index (χ0) is 10.6. The van der Waals surface area contributed by atoms with Gasteiger partial charge < -0.3 is 4.90 Å². The van der Waals surface area contributed by atoms with E-state index in [4.69, 9.17) is 0 Å². The first-order chi connectivity index (χ1) is 6.72. The standard InChI is InChI=1S/C11H18N2O/c1-4-9-8-13(11(14)5-2)7-6-10(9)12-3/h4H,5-8H2,1-3H3/b9-4-,12-10?. The lowest BCUT2D eigenvalue weighted by atomic mass is 10.0. The van der Waals surface area contributed by atoms with E-state index in [-0.39, 0.29) is 5.91 Å². The lowest BCUT2D eigenvalue weighted by molar-refractivity contribution is -0.130. The number of carbonyl (C=O) groups excluding carboxylic acids is 1. The fourth-order valence-electron chi connectivity index (χ4n) is 1.73. The van der Waals surface area contributed by atoms with E-state index < -0.39 is 0 Å². The molecule has 78 valence electrons. The average molecular weight is 194 g/mol. The number of rotatable bonds is 1. The molecule has 14 heavy (non-hydrogen) atoms. The molecule has 1 amide bonds. The number of carbonyl (C=O) groups is 1. The molecule has 0 atom stereocenters. The van der Waals surface area contributed by atoms with E-state index in [1.54, 1.807) is 0 Å². The van der Waals surface area contributed by atoms with Crippen LogP contribution in [0, 0.1) is 0 Å². The van der Waals surface area contributed by atoms with Crippen LogP contribution in [-0.4, -0.2) is 36.7 Å². The molecule has 3 heteroatoms. The molecule has 0 aromatic carbocycles. The number of aliphatic imine (C=N–C) groups is 1. The molecule has 1 saturated heterocycles. The molecule has 0 aliphatic carbocycles. The van der Waals surface area contributed by atoms with Crippen molar-refractivity contribution in [3.8, 4) is 0 Å². The summed E-state index contributed by atoms with van der Waals surface area (Å²) in [7, 11) is 1.82. The Bertz CT molecular complexity index is 279. The summed E-state index contributed by atoms with van der Waals surface area (Å²) in [5, 5.41) is 0. The molecule has 0 aromatic rings. The molecule has 1 rings (SSSR count). The van der Waals surface area contributed by atoms with Crippen LogP contribution in [0.15, 0.2) is 16.6 Å². The fraction of sp³-hybridized carbons (Fsp3) is 0.636. The average Bonchev–Trinajstić information content (AvgIpc) is 2.26. The SMILES string of the molecule is C/C=C1/CN(C(=O)CC)CCC1=NC. The molecule has 0 saturated carbocycles. The third kappa shape index (κ3) is 2.22. The van der Waals surface area contributed by atoms with E-state index in [1.165, 1.54) is 5.57 Å². The van der Waals surface area contributed by atoms with Crippen molar-refractivity contribution in [1.29, 1.82) is 0 Å². The van der Waals surface area contributed by atoms with E-state index in [1.807, 2.05) is 25.8 Å². The van der Waals surface area contributed by atoms with Crippen molar-refractivity contribution in [3.05, 3.63) is 11.6 Å². The van der Waals surface area contributed by atoms with E-state index in [9.17, 15) is 4.79 Å². The summed E-state index contributed by atoms with van der Waals surface area (Å²) >= 11 is 0. The van der Waals surface area contributed by atoms with Crippen molar-refractivity contribution >= 4 is 11.6 Å². The van der Waals surface area contributed by atoms with Crippen LogP contribution in [-0.2, 0) is 4.79 Å². The van der Waals surface area contributed by atoms with E-state index >= 15 is 0 Å². The van der Waals surface area contributed by atoms with Gasteiger partial charge >= 0.3 is 0 Å². The molecule has 0 radical (unpaired) electrons. The third-order valence-electron chi connectivity index (χ3n) is 2.62. The molecular formula is C11H18N2O. The Hall–Kier alpha value is -1.12. The molecular weight excluding hydrogens is 176 g/mol. The quantitative estimate of drug-likeness (QED) is 0.624. The largest absolute Gasteiger partial charge is 0.338 e. The molecule has 0 aromatic heterocycles. The smallest absolute Gasteiger partial charge is 0.222 e. The van der Waals surface area contributed by atoms with Gasteiger partial charge in [-0.15, -0.1) is 0 Å². The Morgan fingerprint density at radius 2 is 2.36 bits per heavy atom. The molecule has 0 unspecified atom stereocenters. The van der Waals surface area contributed by atoms with Gasteiger partial charge in [0.05, 0.1) is 0 Å². The van der Waals surface area contributed by atoms with Gasteiger partial charge in [0.15, 0.2) is 0 Å². The Morgan fingerprint density at radius 3 is 2.86 bits per heavy atom. The minimum absolute atomic E-state index is 0.236. The van der Waals surface area contributed by atoms with Gasteiger partial charge in [0.1, 0.15) is 0 Å². The summed E-state index contributed by atoms with van der Waals surface area (Å²) in [5.74, 6) is 0.236. The van der Waals surface area contributed by atoms with E-state index in [2.05, 4.69) is 11.1 Å². The summed E-state index contributed by atoms with van der Waals surface area (Å²) < 4.78 is 0. The highest BCUT2D eigenvalue weighted by molar-refractivity contribution is 6.02. The molecule has 1 fully saturated rings. The molecule has 0 bridgehead atoms. The number of hydrogen-bond donors (Lipinski definition) is 0. The number of nitrogens with zero attached hydrogens (tertiary/aromatic N) is 2. The van der Waals surface area contributed by atoms with E-state index in [0.29, 0.717) is 6.42 Å². The normalized spacial score (nSPS) is 23.2. The maximum absolute atomic E-state index is 11.5. The second-order valence-electron chi connectivity index (χ2n) is 3.40. The van der Waals surface area contributed by atoms with Crippen molar-refractivity contribution in [2.24, 2.45) is 4.99 Å². The van der Waals surface area contributed by atoms with Crippen molar-refractivity contribution < 1.29 is 4.79 Å². The van der Waals surface area contributed by atoms with Gasteiger partial charge in [-0.3, -0.25) is 9.79 Å². The molecule has 3 nitrogen and oxygen atoms in total. The maximum atomic E-state index is 11.5. The monoisotopic (exact) mass is 194 g/mol. The number of piperidine rings is 1. The fourth-order valence-corrected chi connectivity index (χ4v) is 1.73. The minimum atomic E-state index is 0.236. The van der Waals surface area contributed by atoms with Crippen LogP contribution >= 0.6 is 0 Å². The van der Waals surface area contributed by atoms with Crippen LogP contribution in [0.3, 0.4) is 0 Å². The second-order valence-corrected chi connectivity index (χ2v) is 3.40. The van der Waals surface area contributed by atoms with Crippen molar-refractivity contribution in [3.63, 3.8) is 0 Å². The highest BCUT2D eigenvalue weighted by atomic mass is 16.2. The summed E-state index contributed by atoms with van der Waals surface area (Å²) in [6.07, 6.45) is 3.54. The summed E-state index contributed by atoms with van der Waals surface area (Å²) in [4.78, 5) is 17.6. The van der Waals surface area contributed by atoms with Gasteiger partial charge in [0.25, 0.3) is 0 Å². The first-order valence-corrected chi connectivity index (χ1v) is 5.11. The Labute approximate surface area is 85.5 Å². The van der Waals surface area contributed by atoms with Crippen LogP contribution in [0.25, 0.3) is 0 Å². The first-order valence-electron chi connectivity index (χ1n) is 5.11. The molecule has 1 heterocycles. The van der Waals surface area contributed by atoms with Crippen LogP contribution in [0.4, 0.5) is 0 Å². The van der Waals surface area contributed by atoms with E-state index in [0.717, 1.165) is 25.2 Å². The minimum Gasteiger partial charge on any atom is -0.338 e. The highest BCUT2D eigenvalue weighted by Crippen LogP contribution is 2.14. The van der Waals surface area contributed by atoms with Crippen molar-refractivity contribution in [2.75, 3.05) is 20.1 Å². The molecule has 0 spiro atoms. The van der Waals surface area contributed by atoms with Crippen LogP contribution < -0.4 is 0 Å². The molecule has 1 aliphatic heterocycles. The Kier molecular flexibility index (Phi) is 3.86. The number of allylic oxidation sites excluding steroid dienone is 1. The second kappa shape index (κ2) is 4.94. The van der Waals surface area contributed by atoms with Crippen LogP contribution in [0.5, 0.6) is 0 Å².